The highest BCUT2D eigenvalue weighted by molar-refractivity contribution is 7.09. The van der Waals surface area contributed by atoms with Crippen LogP contribution in [0.1, 0.15) is 36.0 Å². The minimum absolute atomic E-state index is 0.474. The van der Waals surface area contributed by atoms with Crippen molar-refractivity contribution in [2.45, 2.75) is 32.7 Å². The molecule has 1 N–H and O–H groups in total. The standard InChI is InChI=1S/C13H20N4S/c1-10(2)13-11(9-17(3)16-13)8-14-5-4-12-15-6-7-18-12/h6-7,9-10,14H,4-5,8H2,1-3H3. The van der Waals surface area contributed by atoms with Gasteiger partial charge in [-0.25, -0.2) is 4.98 Å². The molecule has 0 amide bonds. The van der Waals surface area contributed by atoms with E-state index < -0.39 is 0 Å². The smallest absolute Gasteiger partial charge is 0.0937 e. The maximum absolute atomic E-state index is 4.51. The van der Waals surface area contributed by atoms with Gasteiger partial charge < -0.3 is 5.32 Å². The summed E-state index contributed by atoms with van der Waals surface area (Å²) in [5.74, 6) is 0.474. The second-order valence-corrected chi connectivity index (χ2v) is 5.70. The molecule has 2 heterocycles. The van der Waals surface area contributed by atoms with Crippen LogP contribution in [0.3, 0.4) is 0 Å². The van der Waals surface area contributed by atoms with E-state index in [2.05, 4.69) is 35.4 Å². The van der Waals surface area contributed by atoms with Gasteiger partial charge in [-0.05, 0) is 5.92 Å². The van der Waals surface area contributed by atoms with Gasteiger partial charge in [0.25, 0.3) is 0 Å². The molecular formula is C13H20N4S. The zero-order valence-corrected chi connectivity index (χ0v) is 12.0. The minimum Gasteiger partial charge on any atom is -0.312 e. The third-order valence-corrected chi connectivity index (χ3v) is 3.64. The van der Waals surface area contributed by atoms with Crippen LogP contribution in [0, 0.1) is 0 Å². The van der Waals surface area contributed by atoms with Crippen LogP contribution >= 0.6 is 11.3 Å². The lowest BCUT2D eigenvalue weighted by atomic mass is 10.1. The molecule has 98 valence electrons. The van der Waals surface area contributed by atoms with E-state index in [4.69, 9.17) is 0 Å². The van der Waals surface area contributed by atoms with E-state index in [1.54, 1.807) is 11.3 Å². The summed E-state index contributed by atoms with van der Waals surface area (Å²) in [6.07, 6.45) is 4.96. The number of hydrogen-bond acceptors (Lipinski definition) is 4. The molecule has 18 heavy (non-hydrogen) atoms. The van der Waals surface area contributed by atoms with Gasteiger partial charge in [-0.2, -0.15) is 5.10 Å². The van der Waals surface area contributed by atoms with E-state index in [-0.39, 0.29) is 0 Å². The molecule has 2 aromatic heterocycles. The molecule has 0 aliphatic rings. The highest BCUT2D eigenvalue weighted by atomic mass is 32.1. The summed E-state index contributed by atoms with van der Waals surface area (Å²) in [6, 6.07) is 0. The predicted molar refractivity (Wildman–Crippen MR) is 74.8 cm³/mol. The lowest BCUT2D eigenvalue weighted by molar-refractivity contribution is 0.672. The summed E-state index contributed by atoms with van der Waals surface area (Å²) in [5, 5.41) is 11.2. The third kappa shape index (κ3) is 3.40. The number of aryl methyl sites for hydroxylation is 1. The van der Waals surface area contributed by atoms with Crippen LogP contribution in [0.2, 0.25) is 0 Å². The monoisotopic (exact) mass is 264 g/mol. The molecule has 5 heteroatoms. The molecule has 0 aliphatic carbocycles. The first-order chi connectivity index (χ1) is 8.66. The van der Waals surface area contributed by atoms with Gasteiger partial charge in [0.15, 0.2) is 0 Å². The predicted octanol–water partition coefficient (Wildman–Crippen LogP) is 2.33. The Morgan fingerprint density at radius 3 is 2.94 bits per heavy atom. The number of nitrogens with one attached hydrogen (secondary N) is 1. The van der Waals surface area contributed by atoms with Gasteiger partial charge in [0.1, 0.15) is 0 Å². The molecule has 0 atom stereocenters. The van der Waals surface area contributed by atoms with Crippen molar-refractivity contribution in [1.82, 2.24) is 20.1 Å². The maximum atomic E-state index is 4.51. The average Bonchev–Trinajstić information content (AvgIpc) is 2.93. The van der Waals surface area contributed by atoms with E-state index in [0.717, 1.165) is 19.5 Å². The highest BCUT2D eigenvalue weighted by Gasteiger charge is 2.10. The number of nitrogens with zero attached hydrogens (tertiary/aromatic N) is 3. The zero-order valence-electron chi connectivity index (χ0n) is 11.2. The lowest BCUT2D eigenvalue weighted by Crippen LogP contribution is -2.17. The van der Waals surface area contributed by atoms with Gasteiger partial charge >= 0.3 is 0 Å². The lowest BCUT2D eigenvalue weighted by Gasteiger charge is -2.06. The van der Waals surface area contributed by atoms with Crippen LogP contribution in [-0.2, 0) is 20.0 Å². The van der Waals surface area contributed by atoms with Gasteiger partial charge in [0, 0.05) is 49.9 Å². The van der Waals surface area contributed by atoms with E-state index >= 15 is 0 Å². The summed E-state index contributed by atoms with van der Waals surface area (Å²) in [4.78, 5) is 4.27. The van der Waals surface area contributed by atoms with Crippen molar-refractivity contribution in [3.05, 3.63) is 34.0 Å². The SMILES string of the molecule is CC(C)c1nn(C)cc1CNCCc1nccs1. The molecule has 2 rings (SSSR count). The Morgan fingerprint density at radius 2 is 2.28 bits per heavy atom. The Kier molecular flexibility index (Phi) is 4.49. The molecule has 0 unspecified atom stereocenters. The number of thiazole rings is 1. The fraction of sp³-hybridized carbons (Fsp3) is 0.538. The molecule has 4 nitrogen and oxygen atoms in total. The van der Waals surface area contributed by atoms with Crippen molar-refractivity contribution in [2.75, 3.05) is 6.54 Å². The van der Waals surface area contributed by atoms with Crippen LogP contribution < -0.4 is 5.32 Å². The molecule has 2 aromatic rings. The van der Waals surface area contributed by atoms with Gasteiger partial charge in [-0.1, -0.05) is 13.8 Å². The first-order valence-electron chi connectivity index (χ1n) is 6.28. The van der Waals surface area contributed by atoms with Crippen LogP contribution in [0.25, 0.3) is 0 Å². The minimum atomic E-state index is 0.474. The average molecular weight is 264 g/mol. The van der Waals surface area contributed by atoms with Gasteiger partial charge in [0.2, 0.25) is 0 Å². The van der Waals surface area contributed by atoms with Crippen molar-refractivity contribution in [3.63, 3.8) is 0 Å². The van der Waals surface area contributed by atoms with Crippen LogP contribution in [0.15, 0.2) is 17.8 Å². The maximum Gasteiger partial charge on any atom is 0.0937 e. The van der Waals surface area contributed by atoms with Crippen molar-refractivity contribution in [2.24, 2.45) is 7.05 Å². The van der Waals surface area contributed by atoms with Crippen LogP contribution in [-0.4, -0.2) is 21.3 Å². The molecule has 0 aliphatic heterocycles. The molecule has 0 saturated heterocycles. The molecule has 0 saturated carbocycles. The van der Waals surface area contributed by atoms with Crippen molar-refractivity contribution < 1.29 is 0 Å². The quantitative estimate of drug-likeness (QED) is 0.814. The Morgan fingerprint density at radius 1 is 1.44 bits per heavy atom. The fourth-order valence-electron chi connectivity index (χ4n) is 1.97. The normalized spacial score (nSPS) is 11.3. The van der Waals surface area contributed by atoms with Crippen molar-refractivity contribution in [1.29, 1.82) is 0 Å². The Hall–Kier alpha value is -1.20. The van der Waals surface area contributed by atoms with Crippen LogP contribution in [0.4, 0.5) is 0 Å². The van der Waals surface area contributed by atoms with E-state index in [0.29, 0.717) is 5.92 Å². The number of aromatic nitrogens is 3. The van der Waals surface area contributed by atoms with Crippen molar-refractivity contribution in [3.8, 4) is 0 Å². The highest BCUT2D eigenvalue weighted by Crippen LogP contribution is 2.16. The summed E-state index contributed by atoms with van der Waals surface area (Å²) in [6.45, 7) is 6.20. The molecular weight excluding hydrogens is 244 g/mol. The second-order valence-electron chi connectivity index (χ2n) is 4.72. The zero-order chi connectivity index (χ0) is 13.0. The van der Waals surface area contributed by atoms with Gasteiger partial charge in [-0.15, -0.1) is 11.3 Å². The molecule has 0 radical (unpaired) electrons. The third-order valence-electron chi connectivity index (χ3n) is 2.80. The van der Waals surface area contributed by atoms with Gasteiger partial charge in [0.05, 0.1) is 10.7 Å². The second kappa shape index (κ2) is 6.11. The van der Waals surface area contributed by atoms with Gasteiger partial charge in [-0.3, -0.25) is 4.68 Å². The molecule has 0 aromatic carbocycles. The number of hydrogen-bond donors (Lipinski definition) is 1. The first-order valence-corrected chi connectivity index (χ1v) is 7.16. The summed E-state index contributed by atoms with van der Waals surface area (Å²) in [5.41, 5.74) is 2.49. The first kappa shape index (κ1) is 13.2. The Labute approximate surface area is 112 Å². The van der Waals surface area contributed by atoms with E-state index in [1.807, 2.05) is 23.3 Å². The molecule has 0 fully saturated rings. The van der Waals surface area contributed by atoms with E-state index in [1.165, 1.54) is 16.3 Å². The molecule has 0 bridgehead atoms. The number of rotatable bonds is 6. The summed E-state index contributed by atoms with van der Waals surface area (Å²) >= 11 is 1.71. The van der Waals surface area contributed by atoms with Crippen molar-refractivity contribution >= 4 is 11.3 Å². The topological polar surface area (TPSA) is 42.7 Å². The van der Waals surface area contributed by atoms with E-state index in [9.17, 15) is 0 Å². The molecule has 0 spiro atoms. The fourth-order valence-corrected chi connectivity index (χ4v) is 2.59. The summed E-state index contributed by atoms with van der Waals surface area (Å²) in [7, 11) is 1.98. The largest absolute Gasteiger partial charge is 0.312 e. The Bertz CT molecular complexity index is 473. The summed E-state index contributed by atoms with van der Waals surface area (Å²) < 4.78 is 1.90. The van der Waals surface area contributed by atoms with Crippen LogP contribution in [0.5, 0.6) is 0 Å². The Balaban J connectivity index is 1.83.